The highest BCUT2D eigenvalue weighted by Gasteiger charge is 1.90. The molecule has 1 atom stereocenters. The minimum absolute atomic E-state index is 0.431. The predicted molar refractivity (Wildman–Crippen MR) is 45.8 cm³/mol. The zero-order chi connectivity index (χ0) is 6.41. The fraction of sp³-hybridized carbons (Fsp3) is 0.333. The molecule has 46 valence electrons. The molecule has 0 spiro atoms. The first-order valence-electron chi connectivity index (χ1n) is 2.30. The second-order valence-corrected chi connectivity index (χ2v) is 3.11. The highest BCUT2D eigenvalue weighted by molar-refractivity contribution is 9.12. The molecule has 0 saturated carbocycles. The number of alkyl halides is 2. The van der Waals surface area contributed by atoms with Crippen LogP contribution in [0.2, 0.25) is 0 Å². The third kappa shape index (κ3) is 4.60. The van der Waals surface area contributed by atoms with E-state index < -0.39 is 0 Å². The van der Waals surface area contributed by atoms with Gasteiger partial charge in [0.15, 0.2) is 0 Å². The molecule has 1 unspecified atom stereocenters. The zero-order valence-electron chi connectivity index (χ0n) is 4.48. The van der Waals surface area contributed by atoms with Crippen LogP contribution >= 0.6 is 31.9 Å². The molecule has 2 heteroatoms. The lowest BCUT2D eigenvalue weighted by Gasteiger charge is -1.92. The van der Waals surface area contributed by atoms with E-state index in [1.165, 1.54) is 0 Å². The van der Waals surface area contributed by atoms with Crippen molar-refractivity contribution in [3.8, 4) is 0 Å². The van der Waals surface area contributed by atoms with Crippen molar-refractivity contribution in [3.63, 3.8) is 0 Å². The van der Waals surface area contributed by atoms with Crippen molar-refractivity contribution >= 4 is 31.9 Å². The topological polar surface area (TPSA) is 0 Å². The average Bonchev–Trinajstić information content (AvgIpc) is 1.83. The van der Waals surface area contributed by atoms with Gasteiger partial charge in [-0.3, -0.25) is 0 Å². The largest absolute Gasteiger partial charge is 0.0991 e. The maximum Gasteiger partial charge on any atom is 0.0425 e. The van der Waals surface area contributed by atoms with Gasteiger partial charge in [-0.05, 0) is 0 Å². The summed E-state index contributed by atoms with van der Waals surface area (Å²) in [6.45, 7) is 3.54. The van der Waals surface area contributed by atoms with Gasteiger partial charge in [0.25, 0.3) is 0 Å². The molecular weight excluding hydrogens is 232 g/mol. The Morgan fingerprint density at radius 2 is 2.25 bits per heavy atom. The molecule has 0 aromatic heterocycles. The molecule has 0 radical (unpaired) electrons. The fourth-order valence-electron chi connectivity index (χ4n) is 0.251. The Balaban J connectivity index is 3.35. The van der Waals surface area contributed by atoms with Gasteiger partial charge in [0.1, 0.15) is 0 Å². The van der Waals surface area contributed by atoms with Gasteiger partial charge in [-0.15, -0.1) is 0 Å². The predicted octanol–water partition coefficient (Wildman–Crippen LogP) is 2.89. The fourth-order valence-corrected chi connectivity index (χ4v) is 0.643. The van der Waals surface area contributed by atoms with Gasteiger partial charge in [-0.1, -0.05) is 56.7 Å². The monoisotopic (exact) mass is 238 g/mol. The zero-order valence-corrected chi connectivity index (χ0v) is 7.65. The minimum Gasteiger partial charge on any atom is -0.0991 e. The summed E-state index contributed by atoms with van der Waals surface area (Å²) in [6, 6.07) is 0. The van der Waals surface area contributed by atoms with Crippen molar-refractivity contribution < 1.29 is 0 Å². The van der Waals surface area contributed by atoms with Gasteiger partial charge in [-0.25, -0.2) is 0 Å². The van der Waals surface area contributed by atoms with E-state index >= 15 is 0 Å². The molecule has 0 fully saturated rings. The number of allylic oxidation sites excluding steroid dienone is 3. The Morgan fingerprint density at radius 3 is 2.62 bits per heavy atom. The highest BCUT2D eigenvalue weighted by atomic mass is 79.9. The van der Waals surface area contributed by atoms with E-state index in [0.29, 0.717) is 4.83 Å². The summed E-state index contributed by atoms with van der Waals surface area (Å²) < 4.78 is 0. The second-order valence-electron chi connectivity index (χ2n) is 1.29. The van der Waals surface area contributed by atoms with Crippen LogP contribution in [0.25, 0.3) is 0 Å². The smallest absolute Gasteiger partial charge is 0.0425 e. The van der Waals surface area contributed by atoms with E-state index in [0.717, 1.165) is 5.33 Å². The van der Waals surface area contributed by atoms with E-state index in [-0.39, 0.29) is 0 Å². The lowest BCUT2D eigenvalue weighted by molar-refractivity contribution is 1.31. The highest BCUT2D eigenvalue weighted by Crippen LogP contribution is 2.04. The number of rotatable bonds is 3. The molecular formula is C6H8Br2. The van der Waals surface area contributed by atoms with Crippen LogP contribution in [0.4, 0.5) is 0 Å². The molecule has 0 heterocycles. The summed E-state index contributed by atoms with van der Waals surface area (Å²) >= 11 is 6.71. The second kappa shape index (κ2) is 5.57. The van der Waals surface area contributed by atoms with E-state index in [9.17, 15) is 0 Å². The van der Waals surface area contributed by atoms with Crippen molar-refractivity contribution in [1.29, 1.82) is 0 Å². The molecule has 0 aromatic rings. The van der Waals surface area contributed by atoms with E-state index in [2.05, 4.69) is 38.4 Å². The molecule has 0 aliphatic rings. The van der Waals surface area contributed by atoms with Crippen molar-refractivity contribution in [1.82, 2.24) is 0 Å². The Morgan fingerprint density at radius 1 is 1.62 bits per heavy atom. The van der Waals surface area contributed by atoms with Crippen LogP contribution in [0.5, 0.6) is 0 Å². The van der Waals surface area contributed by atoms with E-state index in [1.807, 2.05) is 12.2 Å². The number of hydrogen-bond acceptors (Lipinski definition) is 0. The molecule has 0 aromatic carbocycles. The van der Waals surface area contributed by atoms with Crippen LogP contribution in [0.1, 0.15) is 0 Å². The molecule has 0 aliphatic carbocycles. The molecule has 0 N–H and O–H groups in total. The molecule has 0 bridgehead atoms. The molecule has 0 aliphatic heterocycles. The maximum atomic E-state index is 3.54. The van der Waals surface area contributed by atoms with Gasteiger partial charge in [0.2, 0.25) is 0 Å². The first kappa shape index (κ1) is 8.44. The van der Waals surface area contributed by atoms with Gasteiger partial charge < -0.3 is 0 Å². The standard InChI is InChI=1S/C6H8Br2/c1-2-3-4-6(8)5-7/h2-4,6H,1,5H2. The molecule has 0 nitrogen and oxygen atoms in total. The Hall–Kier alpha value is 0.440. The third-order valence-electron chi connectivity index (χ3n) is 0.603. The van der Waals surface area contributed by atoms with Gasteiger partial charge in [0.05, 0.1) is 0 Å². The Labute approximate surface area is 66.9 Å². The Kier molecular flexibility index (Phi) is 5.88. The summed E-state index contributed by atoms with van der Waals surface area (Å²) in [4.78, 5) is 0.431. The molecule has 8 heavy (non-hydrogen) atoms. The van der Waals surface area contributed by atoms with Crippen LogP contribution in [0, 0.1) is 0 Å². The first-order valence-corrected chi connectivity index (χ1v) is 4.34. The lowest BCUT2D eigenvalue weighted by Crippen LogP contribution is -1.90. The van der Waals surface area contributed by atoms with Gasteiger partial charge >= 0.3 is 0 Å². The van der Waals surface area contributed by atoms with Crippen LogP contribution in [-0.4, -0.2) is 10.2 Å². The van der Waals surface area contributed by atoms with Crippen LogP contribution in [-0.2, 0) is 0 Å². The van der Waals surface area contributed by atoms with Gasteiger partial charge in [-0.2, -0.15) is 0 Å². The number of hydrogen-bond donors (Lipinski definition) is 0. The molecule has 0 saturated heterocycles. The third-order valence-corrected chi connectivity index (χ3v) is 2.80. The van der Waals surface area contributed by atoms with Crippen LogP contribution in [0.3, 0.4) is 0 Å². The molecule has 0 rings (SSSR count). The summed E-state index contributed by atoms with van der Waals surface area (Å²) in [5.41, 5.74) is 0. The summed E-state index contributed by atoms with van der Waals surface area (Å²) in [5.74, 6) is 0. The number of halogens is 2. The minimum atomic E-state index is 0.431. The quantitative estimate of drug-likeness (QED) is 0.525. The lowest BCUT2D eigenvalue weighted by atomic mass is 10.4. The Bertz CT molecular complexity index is 86.5. The van der Waals surface area contributed by atoms with E-state index in [1.54, 1.807) is 6.08 Å². The normalized spacial score (nSPS) is 14.2. The van der Waals surface area contributed by atoms with E-state index in [4.69, 9.17) is 0 Å². The molecule has 0 amide bonds. The summed E-state index contributed by atoms with van der Waals surface area (Å²) in [5, 5.41) is 0.942. The van der Waals surface area contributed by atoms with Crippen LogP contribution < -0.4 is 0 Å². The maximum absolute atomic E-state index is 3.54. The van der Waals surface area contributed by atoms with Crippen molar-refractivity contribution in [2.75, 3.05) is 5.33 Å². The van der Waals surface area contributed by atoms with Crippen LogP contribution in [0.15, 0.2) is 24.8 Å². The SMILES string of the molecule is C=CC=CC(Br)CBr. The van der Waals surface area contributed by atoms with Crippen molar-refractivity contribution in [2.45, 2.75) is 4.83 Å². The average molecular weight is 240 g/mol. The van der Waals surface area contributed by atoms with Gasteiger partial charge in [0, 0.05) is 10.2 Å². The first-order chi connectivity index (χ1) is 3.81. The van der Waals surface area contributed by atoms with Crippen molar-refractivity contribution in [2.24, 2.45) is 0 Å². The summed E-state index contributed by atoms with van der Waals surface area (Å²) in [6.07, 6.45) is 5.71. The van der Waals surface area contributed by atoms with Crippen molar-refractivity contribution in [3.05, 3.63) is 24.8 Å². The summed E-state index contributed by atoms with van der Waals surface area (Å²) in [7, 11) is 0.